The summed E-state index contributed by atoms with van der Waals surface area (Å²) < 4.78 is 16.1. The molecule has 0 heterocycles. The number of Topliss-reactive ketones (excluding diaryl/α,β-unsaturated/α-hetero) is 1. The fourth-order valence-corrected chi connectivity index (χ4v) is 2.22. The Kier molecular flexibility index (Phi) is 5.94. The van der Waals surface area contributed by atoms with Gasteiger partial charge in [0.25, 0.3) is 0 Å². The van der Waals surface area contributed by atoms with Crippen LogP contribution in [0.1, 0.15) is 22.0 Å². The average molecular weight is 312 g/mol. The second kappa shape index (κ2) is 8.15. The first-order valence-electron chi connectivity index (χ1n) is 7.24. The predicted octanol–water partition coefficient (Wildman–Crippen LogP) is 3.83. The monoisotopic (exact) mass is 312 g/mol. The summed E-state index contributed by atoms with van der Waals surface area (Å²) in [6.45, 7) is 3.91. The van der Waals surface area contributed by atoms with Gasteiger partial charge < -0.3 is 14.2 Å². The Balaban J connectivity index is 2.36. The van der Waals surface area contributed by atoms with E-state index in [0.717, 1.165) is 5.56 Å². The molecule has 0 amide bonds. The summed E-state index contributed by atoms with van der Waals surface area (Å²) in [4.78, 5) is 12.9. The van der Waals surface area contributed by atoms with Gasteiger partial charge in [-0.05, 0) is 29.8 Å². The van der Waals surface area contributed by atoms with E-state index in [1.54, 1.807) is 50.6 Å². The lowest BCUT2D eigenvalue weighted by atomic mass is 9.99. The van der Waals surface area contributed by atoms with Gasteiger partial charge in [-0.25, -0.2) is 0 Å². The first-order valence-corrected chi connectivity index (χ1v) is 7.24. The Bertz CT molecular complexity index is 679. The molecule has 0 bridgehead atoms. The van der Waals surface area contributed by atoms with Gasteiger partial charge in [-0.3, -0.25) is 4.79 Å². The standard InChI is InChI=1S/C19H20O4/c1-4-11-23-19(15-8-6-10-17(13-15)22-3)18(20)14-7-5-9-16(12-14)21-2/h4-10,12-13,19H,1,11H2,2-3H3/t19-/m1/s1. The lowest BCUT2D eigenvalue weighted by molar-refractivity contribution is 0.0502. The van der Waals surface area contributed by atoms with Crippen LogP contribution in [-0.2, 0) is 4.74 Å². The quantitative estimate of drug-likeness (QED) is 0.549. The normalized spacial score (nSPS) is 11.6. The highest BCUT2D eigenvalue weighted by atomic mass is 16.5. The third-order valence-corrected chi connectivity index (χ3v) is 3.37. The molecule has 0 aliphatic carbocycles. The first kappa shape index (κ1) is 16.8. The van der Waals surface area contributed by atoms with Gasteiger partial charge in [-0.15, -0.1) is 6.58 Å². The van der Waals surface area contributed by atoms with Crippen LogP contribution in [0.5, 0.6) is 11.5 Å². The molecule has 0 saturated carbocycles. The summed E-state index contributed by atoms with van der Waals surface area (Å²) in [6, 6.07) is 14.3. The Morgan fingerprint density at radius 1 is 1.09 bits per heavy atom. The Morgan fingerprint density at radius 2 is 1.74 bits per heavy atom. The number of benzene rings is 2. The number of carbonyl (C=O) groups is 1. The zero-order chi connectivity index (χ0) is 16.7. The number of ether oxygens (including phenoxy) is 3. The molecule has 0 radical (unpaired) electrons. The minimum Gasteiger partial charge on any atom is -0.497 e. The van der Waals surface area contributed by atoms with Gasteiger partial charge in [0.15, 0.2) is 5.78 Å². The molecule has 4 nitrogen and oxygen atoms in total. The molecule has 2 aromatic rings. The highest BCUT2D eigenvalue weighted by Gasteiger charge is 2.23. The van der Waals surface area contributed by atoms with Crippen molar-refractivity contribution >= 4 is 5.78 Å². The van der Waals surface area contributed by atoms with Crippen LogP contribution in [0, 0.1) is 0 Å². The maximum atomic E-state index is 12.9. The van der Waals surface area contributed by atoms with Crippen molar-refractivity contribution in [1.82, 2.24) is 0 Å². The number of hydrogen-bond acceptors (Lipinski definition) is 4. The van der Waals surface area contributed by atoms with E-state index >= 15 is 0 Å². The predicted molar refractivity (Wildman–Crippen MR) is 89.2 cm³/mol. The number of methoxy groups -OCH3 is 2. The zero-order valence-corrected chi connectivity index (χ0v) is 13.3. The van der Waals surface area contributed by atoms with Crippen LogP contribution in [0.25, 0.3) is 0 Å². The fourth-order valence-electron chi connectivity index (χ4n) is 2.22. The van der Waals surface area contributed by atoms with E-state index in [2.05, 4.69) is 6.58 Å². The molecule has 2 aromatic carbocycles. The third kappa shape index (κ3) is 4.20. The number of rotatable bonds is 8. The summed E-state index contributed by atoms with van der Waals surface area (Å²) in [6.07, 6.45) is 0.890. The van der Waals surface area contributed by atoms with Crippen molar-refractivity contribution < 1.29 is 19.0 Å². The van der Waals surface area contributed by atoms with Crippen molar-refractivity contribution in [2.24, 2.45) is 0 Å². The molecule has 0 N–H and O–H groups in total. The van der Waals surface area contributed by atoms with Gasteiger partial charge in [0.05, 0.1) is 20.8 Å². The van der Waals surface area contributed by atoms with Crippen molar-refractivity contribution in [1.29, 1.82) is 0 Å². The van der Waals surface area contributed by atoms with Crippen LogP contribution in [0.3, 0.4) is 0 Å². The van der Waals surface area contributed by atoms with Crippen molar-refractivity contribution in [3.05, 3.63) is 72.3 Å². The van der Waals surface area contributed by atoms with Crippen LogP contribution in [0.4, 0.5) is 0 Å². The van der Waals surface area contributed by atoms with E-state index in [0.29, 0.717) is 17.1 Å². The first-order chi connectivity index (χ1) is 11.2. The smallest absolute Gasteiger partial charge is 0.196 e. The van der Waals surface area contributed by atoms with E-state index in [1.165, 1.54) is 0 Å². The Labute approximate surface area is 136 Å². The van der Waals surface area contributed by atoms with Gasteiger partial charge in [0.2, 0.25) is 0 Å². The van der Waals surface area contributed by atoms with Crippen LogP contribution >= 0.6 is 0 Å². The molecule has 0 unspecified atom stereocenters. The molecule has 4 heteroatoms. The van der Waals surface area contributed by atoms with Crippen LogP contribution in [0.15, 0.2) is 61.2 Å². The van der Waals surface area contributed by atoms with Gasteiger partial charge in [-0.2, -0.15) is 0 Å². The van der Waals surface area contributed by atoms with E-state index < -0.39 is 6.10 Å². The van der Waals surface area contributed by atoms with Crippen molar-refractivity contribution in [3.8, 4) is 11.5 Å². The topological polar surface area (TPSA) is 44.8 Å². The second-order valence-corrected chi connectivity index (χ2v) is 4.87. The molecule has 23 heavy (non-hydrogen) atoms. The van der Waals surface area contributed by atoms with Crippen LogP contribution < -0.4 is 9.47 Å². The molecule has 0 fully saturated rings. The average Bonchev–Trinajstić information content (AvgIpc) is 2.62. The molecule has 2 rings (SSSR count). The van der Waals surface area contributed by atoms with Crippen molar-refractivity contribution in [3.63, 3.8) is 0 Å². The minimum absolute atomic E-state index is 0.140. The Hall–Kier alpha value is -2.59. The van der Waals surface area contributed by atoms with Crippen LogP contribution in [0.2, 0.25) is 0 Å². The molecule has 0 saturated heterocycles. The third-order valence-electron chi connectivity index (χ3n) is 3.37. The summed E-state index contributed by atoms with van der Waals surface area (Å²) in [5.74, 6) is 1.16. The van der Waals surface area contributed by atoms with Crippen molar-refractivity contribution in [2.45, 2.75) is 6.10 Å². The van der Waals surface area contributed by atoms with E-state index in [9.17, 15) is 4.79 Å². The van der Waals surface area contributed by atoms with E-state index in [1.807, 2.05) is 18.2 Å². The Morgan fingerprint density at radius 3 is 2.39 bits per heavy atom. The highest BCUT2D eigenvalue weighted by molar-refractivity contribution is 6.00. The van der Waals surface area contributed by atoms with E-state index in [4.69, 9.17) is 14.2 Å². The number of ketones is 1. The van der Waals surface area contributed by atoms with Crippen molar-refractivity contribution in [2.75, 3.05) is 20.8 Å². The summed E-state index contributed by atoms with van der Waals surface area (Å²) in [5, 5.41) is 0. The van der Waals surface area contributed by atoms with Crippen LogP contribution in [-0.4, -0.2) is 26.6 Å². The number of hydrogen-bond donors (Lipinski definition) is 0. The lowest BCUT2D eigenvalue weighted by Gasteiger charge is -2.17. The summed E-state index contributed by atoms with van der Waals surface area (Å²) >= 11 is 0. The summed E-state index contributed by atoms with van der Waals surface area (Å²) in [7, 11) is 3.15. The minimum atomic E-state index is -0.727. The molecule has 0 aromatic heterocycles. The molecular weight excluding hydrogens is 292 g/mol. The molecule has 0 aliphatic heterocycles. The van der Waals surface area contributed by atoms with Gasteiger partial charge in [-0.1, -0.05) is 30.3 Å². The molecule has 120 valence electrons. The van der Waals surface area contributed by atoms with Gasteiger partial charge in [0.1, 0.15) is 17.6 Å². The fraction of sp³-hybridized carbons (Fsp3) is 0.211. The van der Waals surface area contributed by atoms with Gasteiger partial charge >= 0.3 is 0 Å². The second-order valence-electron chi connectivity index (χ2n) is 4.87. The SMILES string of the molecule is C=CCO[C@@H](C(=O)c1cccc(OC)c1)c1cccc(OC)c1. The van der Waals surface area contributed by atoms with Gasteiger partial charge in [0, 0.05) is 5.56 Å². The molecule has 0 aliphatic rings. The molecule has 0 spiro atoms. The summed E-state index contributed by atoms with van der Waals surface area (Å²) in [5.41, 5.74) is 1.26. The largest absolute Gasteiger partial charge is 0.497 e. The van der Waals surface area contributed by atoms with E-state index in [-0.39, 0.29) is 12.4 Å². The molecule has 1 atom stereocenters. The highest BCUT2D eigenvalue weighted by Crippen LogP contribution is 2.27. The maximum Gasteiger partial charge on any atom is 0.196 e. The number of carbonyl (C=O) groups excluding carboxylic acids is 1. The lowest BCUT2D eigenvalue weighted by Crippen LogP contribution is -2.17. The molecular formula is C19H20O4. The zero-order valence-electron chi connectivity index (χ0n) is 13.3. The maximum absolute atomic E-state index is 12.9.